The highest BCUT2D eigenvalue weighted by molar-refractivity contribution is 5.91. The molecule has 0 saturated heterocycles. The molecule has 0 bridgehead atoms. The summed E-state index contributed by atoms with van der Waals surface area (Å²) in [4.78, 5) is 10.9. The molecule has 2 rings (SSSR count). The average molecular weight is 218 g/mol. The molecule has 16 heavy (non-hydrogen) atoms. The topological polar surface area (TPSA) is 78.3 Å². The highest BCUT2D eigenvalue weighted by Crippen LogP contribution is 2.21. The molecule has 2 N–H and O–H groups in total. The Bertz CT molecular complexity index is 557. The molecular formula is C11H10N2O3. The lowest BCUT2D eigenvalue weighted by Crippen LogP contribution is -1.93. The van der Waals surface area contributed by atoms with Gasteiger partial charge in [0.2, 0.25) is 0 Å². The van der Waals surface area contributed by atoms with Crippen LogP contribution in [0.4, 0.5) is 5.82 Å². The molecule has 1 aromatic heterocycles. The van der Waals surface area contributed by atoms with Crippen LogP contribution in [0.3, 0.4) is 0 Å². The third kappa shape index (κ3) is 1.88. The molecule has 0 saturated carbocycles. The quantitative estimate of drug-likeness (QED) is 0.611. The van der Waals surface area contributed by atoms with E-state index in [4.69, 9.17) is 10.3 Å². The van der Waals surface area contributed by atoms with Crippen LogP contribution in [0.1, 0.15) is 5.56 Å². The van der Waals surface area contributed by atoms with Crippen molar-refractivity contribution in [1.29, 1.82) is 0 Å². The Labute approximate surface area is 91.5 Å². The fourth-order valence-corrected chi connectivity index (χ4v) is 1.31. The van der Waals surface area contributed by atoms with E-state index in [0.717, 1.165) is 10.9 Å². The van der Waals surface area contributed by atoms with Gasteiger partial charge in [-0.1, -0.05) is 11.2 Å². The smallest absolute Gasteiger partial charge is 0.330 e. The predicted octanol–water partition coefficient (Wildman–Crippen LogP) is 1.60. The van der Waals surface area contributed by atoms with E-state index in [0.29, 0.717) is 11.4 Å². The van der Waals surface area contributed by atoms with Crippen LogP contribution < -0.4 is 5.73 Å². The number of hydrogen-bond donors (Lipinski definition) is 1. The number of benzene rings is 1. The summed E-state index contributed by atoms with van der Waals surface area (Å²) in [6.45, 7) is 0. The van der Waals surface area contributed by atoms with Gasteiger partial charge >= 0.3 is 5.97 Å². The van der Waals surface area contributed by atoms with E-state index in [1.165, 1.54) is 13.2 Å². The molecule has 0 aliphatic heterocycles. The van der Waals surface area contributed by atoms with Gasteiger partial charge in [-0.2, -0.15) is 0 Å². The first kappa shape index (κ1) is 10.2. The molecule has 0 spiro atoms. The average Bonchev–Trinajstić information content (AvgIpc) is 2.68. The molecule has 1 heterocycles. The number of nitrogens with zero attached hydrogens (tertiary/aromatic N) is 1. The molecule has 0 amide bonds. The van der Waals surface area contributed by atoms with Crippen LogP contribution in [0.2, 0.25) is 0 Å². The number of carbonyl (C=O) groups excluding carboxylic acids is 1. The van der Waals surface area contributed by atoms with Gasteiger partial charge in [-0.3, -0.25) is 0 Å². The lowest BCUT2D eigenvalue weighted by atomic mass is 10.1. The van der Waals surface area contributed by atoms with Crippen molar-refractivity contribution in [3.63, 3.8) is 0 Å². The largest absolute Gasteiger partial charge is 0.466 e. The first-order valence-electron chi connectivity index (χ1n) is 4.61. The molecule has 0 unspecified atom stereocenters. The molecule has 0 atom stereocenters. The van der Waals surface area contributed by atoms with Crippen molar-refractivity contribution in [2.24, 2.45) is 0 Å². The second-order valence-corrected chi connectivity index (χ2v) is 3.18. The maximum absolute atomic E-state index is 10.9. The number of rotatable bonds is 2. The minimum atomic E-state index is -0.404. The number of anilines is 1. The Morgan fingerprint density at radius 3 is 3.12 bits per heavy atom. The minimum absolute atomic E-state index is 0.336. The zero-order valence-corrected chi connectivity index (χ0v) is 8.64. The number of methoxy groups -OCH3 is 1. The summed E-state index contributed by atoms with van der Waals surface area (Å²) < 4.78 is 9.45. The second-order valence-electron chi connectivity index (χ2n) is 3.18. The SMILES string of the molecule is COC(=O)C=Cc1ccc2onc(N)c2c1. The van der Waals surface area contributed by atoms with E-state index in [1.807, 2.05) is 0 Å². The van der Waals surface area contributed by atoms with Gasteiger partial charge < -0.3 is 15.0 Å². The fourth-order valence-electron chi connectivity index (χ4n) is 1.31. The summed E-state index contributed by atoms with van der Waals surface area (Å²) in [5.41, 5.74) is 7.05. The number of carbonyl (C=O) groups is 1. The molecule has 5 nitrogen and oxygen atoms in total. The van der Waals surface area contributed by atoms with Gasteiger partial charge in [0, 0.05) is 6.08 Å². The molecule has 0 fully saturated rings. The monoisotopic (exact) mass is 218 g/mol. The molecule has 0 aliphatic rings. The molecule has 82 valence electrons. The van der Waals surface area contributed by atoms with Crippen LogP contribution in [0, 0.1) is 0 Å². The van der Waals surface area contributed by atoms with E-state index >= 15 is 0 Å². The van der Waals surface area contributed by atoms with Crippen molar-refractivity contribution >= 4 is 28.8 Å². The van der Waals surface area contributed by atoms with Gasteiger partial charge in [-0.05, 0) is 23.8 Å². The Kier molecular flexibility index (Phi) is 2.59. The third-order valence-corrected chi connectivity index (χ3v) is 2.13. The van der Waals surface area contributed by atoms with E-state index in [2.05, 4.69) is 9.89 Å². The summed E-state index contributed by atoms with van der Waals surface area (Å²) in [5, 5.41) is 4.36. The van der Waals surface area contributed by atoms with Gasteiger partial charge in [0.1, 0.15) is 0 Å². The van der Waals surface area contributed by atoms with Gasteiger partial charge in [0.05, 0.1) is 12.5 Å². The van der Waals surface area contributed by atoms with Crippen molar-refractivity contribution in [3.05, 3.63) is 29.8 Å². The van der Waals surface area contributed by atoms with Crippen molar-refractivity contribution < 1.29 is 14.1 Å². The van der Waals surface area contributed by atoms with Crippen LogP contribution in [0.25, 0.3) is 17.0 Å². The maximum atomic E-state index is 10.9. The molecular weight excluding hydrogens is 208 g/mol. The summed E-state index contributed by atoms with van der Waals surface area (Å²) in [7, 11) is 1.33. The lowest BCUT2D eigenvalue weighted by Gasteiger charge is -1.93. The molecule has 2 aromatic rings. The highest BCUT2D eigenvalue weighted by atomic mass is 16.5. The van der Waals surface area contributed by atoms with E-state index in [9.17, 15) is 4.79 Å². The van der Waals surface area contributed by atoms with E-state index < -0.39 is 5.97 Å². The van der Waals surface area contributed by atoms with Gasteiger partial charge in [-0.15, -0.1) is 0 Å². The Hall–Kier alpha value is -2.30. The number of fused-ring (bicyclic) bond motifs is 1. The normalized spacial score (nSPS) is 11.1. The number of nitrogen functional groups attached to an aromatic ring is 1. The molecule has 1 aromatic carbocycles. The Morgan fingerprint density at radius 2 is 2.38 bits per heavy atom. The van der Waals surface area contributed by atoms with Crippen LogP contribution in [-0.4, -0.2) is 18.2 Å². The fraction of sp³-hybridized carbons (Fsp3) is 0.0909. The van der Waals surface area contributed by atoms with Crippen molar-refractivity contribution in [3.8, 4) is 0 Å². The number of nitrogens with two attached hydrogens (primary N) is 1. The number of ether oxygens (including phenoxy) is 1. The van der Waals surface area contributed by atoms with Gasteiger partial charge in [0.25, 0.3) is 0 Å². The van der Waals surface area contributed by atoms with Gasteiger partial charge in [0.15, 0.2) is 11.4 Å². The van der Waals surface area contributed by atoms with E-state index in [1.54, 1.807) is 24.3 Å². The Morgan fingerprint density at radius 1 is 1.56 bits per heavy atom. The van der Waals surface area contributed by atoms with Crippen LogP contribution in [0.5, 0.6) is 0 Å². The van der Waals surface area contributed by atoms with Crippen LogP contribution in [-0.2, 0) is 9.53 Å². The summed E-state index contributed by atoms with van der Waals surface area (Å²) in [5.74, 6) is -0.0679. The Balaban J connectivity index is 2.35. The molecule has 0 aliphatic carbocycles. The summed E-state index contributed by atoms with van der Waals surface area (Å²) in [6.07, 6.45) is 2.97. The number of esters is 1. The predicted molar refractivity (Wildman–Crippen MR) is 59.5 cm³/mol. The van der Waals surface area contributed by atoms with E-state index in [-0.39, 0.29) is 0 Å². The van der Waals surface area contributed by atoms with Gasteiger partial charge in [-0.25, -0.2) is 4.79 Å². The zero-order valence-electron chi connectivity index (χ0n) is 8.64. The van der Waals surface area contributed by atoms with Crippen molar-refractivity contribution in [1.82, 2.24) is 5.16 Å². The standard InChI is InChI=1S/C11H10N2O3/c1-15-10(14)5-3-7-2-4-9-8(6-7)11(12)13-16-9/h2-6H,1H3,(H2,12,13). The van der Waals surface area contributed by atoms with Crippen molar-refractivity contribution in [2.75, 3.05) is 12.8 Å². The minimum Gasteiger partial charge on any atom is -0.466 e. The molecule has 5 heteroatoms. The lowest BCUT2D eigenvalue weighted by molar-refractivity contribution is -0.134. The van der Waals surface area contributed by atoms with Crippen molar-refractivity contribution in [2.45, 2.75) is 0 Å². The molecule has 0 radical (unpaired) electrons. The highest BCUT2D eigenvalue weighted by Gasteiger charge is 2.04. The first-order chi connectivity index (χ1) is 7.70. The van der Waals surface area contributed by atoms with Crippen LogP contribution in [0.15, 0.2) is 28.8 Å². The van der Waals surface area contributed by atoms with Crippen LogP contribution >= 0.6 is 0 Å². The summed E-state index contributed by atoms with van der Waals surface area (Å²) in [6, 6.07) is 5.34. The first-order valence-corrected chi connectivity index (χ1v) is 4.61. The zero-order chi connectivity index (χ0) is 11.5. The number of hydrogen-bond acceptors (Lipinski definition) is 5. The third-order valence-electron chi connectivity index (χ3n) is 2.13. The summed E-state index contributed by atoms with van der Waals surface area (Å²) >= 11 is 0. The maximum Gasteiger partial charge on any atom is 0.330 e. The number of aromatic nitrogens is 1. The second kappa shape index (κ2) is 4.06.